The number of benzene rings is 1. The molecule has 1 saturated carbocycles. The number of fused-ring (bicyclic) bond motifs is 1. The highest BCUT2D eigenvalue weighted by Gasteiger charge is 2.31. The van der Waals surface area contributed by atoms with Crippen LogP contribution in [0.15, 0.2) is 94.2 Å². The number of amides is 1. The van der Waals surface area contributed by atoms with Crippen molar-refractivity contribution in [3.63, 3.8) is 0 Å². The molecule has 0 radical (unpaired) electrons. The van der Waals surface area contributed by atoms with Gasteiger partial charge in [0.25, 0.3) is 11.5 Å². The normalized spacial score (nSPS) is 18.2. The maximum absolute atomic E-state index is 13.9. The Morgan fingerprint density at radius 3 is 2.67 bits per heavy atom. The fraction of sp³-hybridized carbons (Fsp3) is 0.333. The molecule has 0 bridgehead atoms. The fourth-order valence-electron chi connectivity index (χ4n) is 5.63. The van der Waals surface area contributed by atoms with Crippen molar-refractivity contribution >= 4 is 22.6 Å². The number of allylic oxidation sites excluding steroid dienone is 6. The number of nitrogens with one attached hydrogen (secondary N) is 1. The Kier molecular flexibility index (Phi) is 7.65. The maximum atomic E-state index is 13.9. The van der Waals surface area contributed by atoms with E-state index in [0.717, 1.165) is 31.3 Å². The summed E-state index contributed by atoms with van der Waals surface area (Å²) < 4.78 is 3.00. The van der Waals surface area contributed by atoms with Crippen LogP contribution in [0.4, 0.5) is 0 Å². The molecule has 1 fully saturated rings. The summed E-state index contributed by atoms with van der Waals surface area (Å²) >= 11 is 0. The van der Waals surface area contributed by atoms with Gasteiger partial charge in [0, 0.05) is 43.5 Å². The van der Waals surface area contributed by atoms with Gasteiger partial charge in [0.15, 0.2) is 5.65 Å². The summed E-state index contributed by atoms with van der Waals surface area (Å²) in [5, 5.41) is 0. The van der Waals surface area contributed by atoms with Crippen molar-refractivity contribution in [1.29, 1.82) is 0 Å². The van der Waals surface area contributed by atoms with E-state index >= 15 is 0 Å². The molecule has 2 aromatic heterocycles. The van der Waals surface area contributed by atoms with Crippen LogP contribution < -0.4 is 11.2 Å². The van der Waals surface area contributed by atoms with Gasteiger partial charge >= 0.3 is 5.69 Å². The summed E-state index contributed by atoms with van der Waals surface area (Å²) in [7, 11) is 1.94. The number of rotatable bonds is 9. The Bertz CT molecular complexity index is 1760. The number of H-pyrrole nitrogens is 1. The maximum Gasteiger partial charge on any atom is 0.333 e. The zero-order valence-electron chi connectivity index (χ0n) is 24.1. The summed E-state index contributed by atoms with van der Waals surface area (Å²) in [6, 6.07) is 10.1. The number of aromatic nitrogens is 4. The Morgan fingerprint density at radius 1 is 1.12 bits per heavy atom. The van der Waals surface area contributed by atoms with Crippen LogP contribution in [0.3, 0.4) is 0 Å². The molecule has 0 spiro atoms. The number of imidazole rings is 1. The summed E-state index contributed by atoms with van der Waals surface area (Å²) in [5.41, 5.74) is 2.74. The van der Waals surface area contributed by atoms with E-state index in [2.05, 4.69) is 17.1 Å². The highest BCUT2D eigenvalue weighted by Crippen LogP contribution is 2.32. The highest BCUT2D eigenvalue weighted by atomic mass is 16.2. The van der Waals surface area contributed by atoms with Gasteiger partial charge in [-0.25, -0.2) is 9.78 Å². The minimum atomic E-state index is -0.315. The molecular weight excluding hydrogens is 528 g/mol. The minimum Gasteiger partial charge on any atom is -0.356 e. The lowest BCUT2D eigenvalue weighted by Gasteiger charge is -2.38. The SMILES string of the molecule is CCCn1c(=O)n(C2CC2)c(=O)c2[nH]c(C3=CN(C)C(N(CCc4ccccc4)C(=O)C4=CCC=CC=C4)C=C3)nc21. The van der Waals surface area contributed by atoms with Crippen LogP contribution in [-0.4, -0.2) is 54.6 Å². The first-order valence-corrected chi connectivity index (χ1v) is 14.7. The van der Waals surface area contributed by atoms with Gasteiger partial charge in [0.1, 0.15) is 17.5 Å². The van der Waals surface area contributed by atoms with Gasteiger partial charge in [0.2, 0.25) is 0 Å². The Labute approximate surface area is 244 Å². The average Bonchev–Trinajstić information content (AvgIpc) is 3.79. The third-order valence-electron chi connectivity index (χ3n) is 7.96. The van der Waals surface area contributed by atoms with E-state index in [-0.39, 0.29) is 29.4 Å². The Hall–Kier alpha value is -4.66. The number of likely N-dealkylation sites (N-methyl/N-ethyl adjacent to an activating group) is 1. The molecule has 6 rings (SSSR count). The van der Waals surface area contributed by atoms with Gasteiger partial charge in [-0.1, -0.05) is 61.6 Å². The topological polar surface area (TPSA) is 96.2 Å². The van der Waals surface area contributed by atoms with Gasteiger partial charge in [-0.3, -0.25) is 18.7 Å². The van der Waals surface area contributed by atoms with Crippen molar-refractivity contribution in [2.75, 3.05) is 13.6 Å². The van der Waals surface area contributed by atoms with Crippen LogP contribution in [0.1, 0.15) is 50.0 Å². The minimum absolute atomic E-state index is 0.0291. The lowest BCUT2D eigenvalue weighted by molar-refractivity contribution is -0.130. The van der Waals surface area contributed by atoms with Crippen LogP contribution in [0.2, 0.25) is 0 Å². The van der Waals surface area contributed by atoms with E-state index in [0.29, 0.717) is 42.1 Å². The molecule has 3 heterocycles. The molecule has 42 heavy (non-hydrogen) atoms. The number of aromatic amines is 1. The quantitative estimate of drug-likeness (QED) is 0.418. The van der Waals surface area contributed by atoms with E-state index in [4.69, 9.17) is 4.98 Å². The van der Waals surface area contributed by atoms with Crippen LogP contribution in [-0.2, 0) is 17.8 Å². The molecule has 9 nitrogen and oxygen atoms in total. The first-order chi connectivity index (χ1) is 20.5. The molecule has 1 N–H and O–H groups in total. The van der Waals surface area contributed by atoms with E-state index < -0.39 is 0 Å². The molecule has 216 valence electrons. The standard InChI is InChI=1S/C33H36N6O3/c1-3-20-38-30-28(32(41)39(33(38)42)26-16-17-26)34-29(35-30)25-15-18-27(36(2)22-25)37(21-19-23-11-7-6-8-12-23)31(40)24-13-9-4-5-10-14-24/h4-9,11-15,18,22,26-27H,3,10,16-17,19-21H2,1-2H3,(H,34,35). The van der Waals surface area contributed by atoms with Crippen LogP contribution in [0.25, 0.3) is 16.7 Å². The van der Waals surface area contributed by atoms with Gasteiger partial charge in [0.05, 0.1) is 0 Å². The molecule has 0 saturated heterocycles. The van der Waals surface area contributed by atoms with E-state index in [9.17, 15) is 14.4 Å². The molecule has 1 aromatic carbocycles. The molecule has 1 atom stereocenters. The molecular formula is C33H36N6O3. The fourth-order valence-corrected chi connectivity index (χ4v) is 5.63. The first-order valence-electron chi connectivity index (χ1n) is 14.7. The average molecular weight is 565 g/mol. The second kappa shape index (κ2) is 11.7. The van der Waals surface area contributed by atoms with Crippen LogP contribution in [0, 0.1) is 0 Å². The summed E-state index contributed by atoms with van der Waals surface area (Å²) in [6.45, 7) is 3.03. The van der Waals surface area contributed by atoms with Crippen LogP contribution >= 0.6 is 0 Å². The van der Waals surface area contributed by atoms with Gasteiger partial charge in [-0.2, -0.15) is 0 Å². The third kappa shape index (κ3) is 5.34. The lowest BCUT2D eigenvalue weighted by atomic mass is 10.1. The monoisotopic (exact) mass is 564 g/mol. The number of carbonyl (C=O) groups excluding carboxylic acids is 1. The second-order valence-electron chi connectivity index (χ2n) is 11.1. The number of hydrogen-bond donors (Lipinski definition) is 1. The predicted molar refractivity (Wildman–Crippen MR) is 165 cm³/mol. The predicted octanol–water partition coefficient (Wildman–Crippen LogP) is 4.31. The van der Waals surface area contributed by atoms with Crippen molar-refractivity contribution in [2.45, 2.75) is 57.8 Å². The molecule has 9 heteroatoms. The first kappa shape index (κ1) is 27.5. The second-order valence-corrected chi connectivity index (χ2v) is 11.1. The molecule has 3 aromatic rings. The zero-order valence-corrected chi connectivity index (χ0v) is 24.1. The van der Waals surface area contributed by atoms with Crippen molar-refractivity contribution in [3.8, 4) is 0 Å². The van der Waals surface area contributed by atoms with E-state index in [1.165, 1.54) is 10.1 Å². The summed E-state index contributed by atoms with van der Waals surface area (Å²) in [4.78, 5) is 52.2. The number of carbonyl (C=O) groups is 1. The molecule has 1 amide bonds. The van der Waals surface area contributed by atoms with Crippen molar-refractivity contribution in [1.82, 2.24) is 28.9 Å². The number of hydrogen-bond acceptors (Lipinski definition) is 5. The van der Waals surface area contributed by atoms with Gasteiger partial charge in [-0.15, -0.1) is 0 Å². The third-order valence-corrected chi connectivity index (χ3v) is 7.96. The van der Waals surface area contributed by atoms with E-state index in [1.807, 2.05) is 90.7 Å². The zero-order chi connectivity index (χ0) is 29.2. The largest absolute Gasteiger partial charge is 0.356 e. The van der Waals surface area contributed by atoms with E-state index in [1.54, 1.807) is 4.57 Å². The summed E-state index contributed by atoms with van der Waals surface area (Å²) in [5.74, 6) is 0.487. The molecule has 3 aliphatic rings. The highest BCUT2D eigenvalue weighted by molar-refractivity contribution is 5.97. The van der Waals surface area contributed by atoms with Gasteiger partial charge in [-0.05, 0) is 55.9 Å². The smallest absolute Gasteiger partial charge is 0.333 e. The van der Waals surface area contributed by atoms with Crippen molar-refractivity contribution < 1.29 is 4.79 Å². The van der Waals surface area contributed by atoms with Crippen molar-refractivity contribution in [2.24, 2.45) is 0 Å². The van der Waals surface area contributed by atoms with Gasteiger partial charge < -0.3 is 14.8 Å². The Morgan fingerprint density at radius 2 is 1.93 bits per heavy atom. The Balaban J connectivity index is 1.32. The number of aryl methyl sites for hydroxylation is 1. The molecule has 1 unspecified atom stereocenters. The molecule has 2 aliphatic carbocycles. The molecule has 1 aliphatic heterocycles. The van der Waals surface area contributed by atoms with Crippen molar-refractivity contribution in [3.05, 3.63) is 117 Å². The number of nitrogens with zero attached hydrogens (tertiary/aromatic N) is 5. The lowest BCUT2D eigenvalue weighted by Crippen LogP contribution is -2.48. The summed E-state index contributed by atoms with van der Waals surface area (Å²) in [6.07, 6.45) is 19.1. The van der Waals surface area contributed by atoms with Crippen LogP contribution in [0.5, 0.6) is 0 Å².